The van der Waals surface area contributed by atoms with Crippen molar-refractivity contribution in [2.75, 3.05) is 17.7 Å². The average molecular weight is 322 g/mol. The molecular formula is C12H11ClF3N3O2. The molecule has 2 N–H and O–H groups in total. The third kappa shape index (κ3) is 4.08. The van der Waals surface area contributed by atoms with E-state index in [0.717, 1.165) is 0 Å². The van der Waals surface area contributed by atoms with Crippen LogP contribution < -0.4 is 5.32 Å². The summed E-state index contributed by atoms with van der Waals surface area (Å²) in [5.74, 6) is -1.55. The summed E-state index contributed by atoms with van der Waals surface area (Å²) in [4.78, 5) is 0. The second-order valence-corrected chi connectivity index (χ2v) is 4.49. The first kappa shape index (κ1) is 15.6. The lowest BCUT2D eigenvalue weighted by atomic mass is 10.2. The topological polar surface area (TPSA) is 71.2 Å². The number of hydrogen-bond donors (Lipinski definition) is 2. The molecule has 5 nitrogen and oxygen atoms in total. The van der Waals surface area contributed by atoms with Crippen molar-refractivity contribution in [1.82, 2.24) is 10.2 Å². The molecule has 0 fully saturated rings. The molecule has 1 unspecified atom stereocenters. The van der Waals surface area contributed by atoms with E-state index in [0.29, 0.717) is 11.3 Å². The molecule has 2 aromatic rings. The Hall–Kier alpha value is -1.80. The second-order valence-electron chi connectivity index (χ2n) is 4.18. The highest BCUT2D eigenvalue weighted by Gasteiger charge is 2.38. The maximum atomic E-state index is 12.4. The minimum Gasteiger partial charge on any atom is -0.413 e. The molecule has 114 valence electrons. The van der Waals surface area contributed by atoms with E-state index in [2.05, 4.69) is 19.9 Å². The van der Waals surface area contributed by atoms with Gasteiger partial charge in [-0.05, 0) is 18.2 Å². The normalized spacial score (nSPS) is 13.2. The van der Waals surface area contributed by atoms with E-state index in [-0.39, 0.29) is 18.3 Å². The Labute approximate surface area is 122 Å². The lowest BCUT2D eigenvalue weighted by Crippen LogP contribution is -2.20. The Morgan fingerprint density at radius 1 is 1.33 bits per heavy atom. The zero-order valence-electron chi connectivity index (χ0n) is 10.6. The summed E-state index contributed by atoms with van der Waals surface area (Å²) in [5, 5.41) is 18.6. The van der Waals surface area contributed by atoms with Gasteiger partial charge in [0, 0.05) is 17.8 Å². The van der Waals surface area contributed by atoms with Crippen LogP contribution in [0.4, 0.5) is 18.9 Å². The van der Waals surface area contributed by atoms with Gasteiger partial charge in [0.05, 0.1) is 12.0 Å². The number of aliphatic hydroxyl groups excluding tert-OH is 1. The number of aromatic nitrogens is 2. The Morgan fingerprint density at radius 2 is 2.10 bits per heavy atom. The van der Waals surface area contributed by atoms with Crippen LogP contribution in [0.3, 0.4) is 0 Å². The predicted molar refractivity (Wildman–Crippen MR) is 70.0 cm³/mol. The first-order chi connectivity index (χ1) is 9.90. The lowest BCUT2D eigenvalue weighted by molar-refractivity contribution is -0.156. The van der Waals surface area contributed by atoms with Gasteiger partial charge < -0.3 is 14.8 Å². The molecule has 0 bridgehead atoms. The van der Waals surface area contributed by atoms with Crippen molar-refractivity contribution in [3.63, 3.8) is 0 Å². The Balaban J connectivity index is 2.15. The Kier molecular flexibility index (Phi) is 4.69. The minimum absolute atomic E-state index is 0.0747. The fourth-order valence-corrected chi connectivity index (χ4v) is 1.62. The van der Waals surface area contributed by atoms with Crippen LogP contribution in [-0.2, 0) is 6.18 Å². The molecule has 1 aromatic heterocycles. The van der Waals surface area contributed by atoms with E-state index < -0.39 is 18.2 Å². The number of halogens is 4. The summed E-state index contributed by atoms with van der Waals surface area (Å²) in [6.45, 7) is 0.213. The van der Waals surface area contributed by atoms with Gasteiger partial charge in [-0.3, -0.25) is 0 Å². The van der Waals surface area contributed by atoms with Crippen LogP contribution in [0.1, 0.15) is 5.89 Å². The summed E-state index contributed by atoms with van der Waals surface area (Å²) in [7, 11) is 0. The Morgan fingerprint density at radius 3 is 2.71 bits per heavy atom. The molecule has 21 heavy (non-hydrogen) atoms. The van der Waals surface area contributed by atoms with Gasteiger partial charge in [0.15, 0.2) is 0 Å². The molecule has 9 heteroatoms. The number of nitrogens with one attached hydrogen (secondary N) is 1. The lowest BCUT2D eigenvalue weighted by Gasteiger charge is -2.10. The molecule has 0 aliphatic carbocycles. The van der Waals surface area contributed by atoms with Gasteiger partial charge in [-0.15, -0.1) is 21.8 Å². The summed E-state index contributed by atoms with van der Waals surface area (Å²) in [6, 6.07) is 6.37. The SMILES string of the molecule is OC(CCl)CNc1cccc(-c2nnc(C(F)(F)F)o2)c1. The van der Waals surface area contributed by atoms with Crippen molar-refractivity contribution in [1.29, 1.82) is 0 Å². The third-order valence-electron chi connectivity index (χ3n) is 2.50. The van der Waals surface area contributed by atoms with Crippen LogP contribution in [0, 0.1) is 0 Å². The molecule has 1 aromatic carbocycles. The number of rotatable bonds is 5. The number of hydrogen-bond acceptors (Lipinski definition) is 5. The van der Waals surface area contributed by atoms with Gasteiger partial charge in [-0.2, -0.15) is 13.2 Å². The zero-order valence-corrected chi connectivity index (χ0v) is 11.3. The number of nitrogens with zero attached hydrogens (tertiary/aromatic N) is 2. The number of alkyl halides is 4. The van der Waals surface area contributed by atoms with E-state index >= 15 is 0 Å². The molecule has 0 aliphatic heterocycles. The minimum atomic E-state index is -4.68. The van der Waals surface area contributed by atoms with Crippen molar-refractivity contribution < 1.29 is 22.7 Å². The highest BCUT2D eigenvalue weighted by Crippen LogP contribution is 2.30. The monoisotopic (exact) mass is 321 g/mol. The van der Waals surface area contributed by atoms with Crippen LogP contribution in [0.25, 0.3) is 11.5 Å². The molecule has 0 spiro atoms. The standard InChI is InChI=1S/C12H11ClF3N3O2/c13-5-9(20)6-17-8-3-1-2-7(4-8)10-18-19-11(21-10)12(14,15)16/h1-4,9,17,20H,5-6H2. The van der Waals surface area contributed by atoms with Crippen LogP contribution in [-0.4, -0.2) is 33.8 Å². The maximum Gasteiger partial charge on any atom is 0.470 e. The van der Waals surface area contributed by atoms with Gasteiger partial charge in [0.2, 0.25) is 5.89 Å². The fourth-order valence-electron chi connectivity index (χ4n) is 1.51. The van der Waals surface area contributed by atoms with Gasteiger partial charge in [0.1, 0.15) is 0 Å². The highest BCUT2D eigenvalue weighted by molar-refractivity contribution is 6.18. The molecule has 0 saturated heterocycles. The van der Waals surface area contributed by atoms with Crippen LogP contribution >= 0.6 is 11.6 Å². The molecule has 0 amide bonds. The highest BCUT2D eigenvalue weighted by atomic mass is 35.5. The zero-order chi connectivity index (χ0) is 15.5. The summed E-state index contributed by atoms with van der Waals surface area (Å²) in [5.41, 5.74) is 0.923. The van der Waals surface area contributed by atoms with E-state index in [4.69, 9.17) is 11.6 Å². The maximum absolute atomic E-state index is 12.4. The van der Waals surface area contributed by atoms with Crippen molar-refractivity contribution in [3.8, 4) is 11.5 Å². The van der Waals surface area contributed by atoms with Crippen LogP contribution in [0.5, 0.6) is 0 Å². The molecule has 0 saturated carbocycles. The third-order valence-corrected chi connectivity index (χ3v) is 2.85. The predicted octanol–water partition coefficient (Wildman–Crippen LogP) is 2.77. The largest absolute Gasteiger partial charge is 0.470 e. The first-order valence-electron chi connectivity index (χ1n) is 5.89. The molecule has 2 rings (SSSR count). The van der Waals surface area contributed by atoms with Crippen LogP contribution in [0.2, 0.25) is 0 Å². The van der Waals surface area contributed by atoms with E-state index in [9.17, 15) is 18.3 Å². The molecular weight excluding hydrogens is 311 g/mol. The number of anilines is 1. The fraction of sp³-hybridized carbons (Fsp3) is 0.333. The Bertz CT molecular complexity index is 603. The summed E-state index contributed by atoms with van der Waals surface area (Å²) < 4.78 is 41.8. The summed E-state index contributed by atoms with van der Waals surface area (Å²) in [6.07, 6.45) is -5.40. The van der Waals surface area contributed by atoms with Gasteiger partial charge >= 0.3 is 12.1 Å². The van der Waals surface area contributed by atoms with Gasteiger partial charge in [-0.1, -0.05) is 6.07 Å². The second kappa shape index (κ2) is 6.31. The van der Waals surface area contributed by atoms with Gasteiger partial charge in [0.25, 0.3) is 0 Å². The van der Waals surface area contributed by atoms with Crippen molar-refractivity contribution in [3.05, 3.63) is 30.2 Å². The van der Waals surface area contributed by atoms with E-state index in [1.54, 1.807) is 12.1 Å². The molecule has 0 radical (unpaired) electrons. The summed E-state index contributed by atoms with van der Waals surface area (Å²) >= 11 is 5.46. The smallest absolute Gasteiger partial charge is 0.413 e. The van der Waals surface area contributed by atoms with E-state index in [1.807, 2.05) is 0 Å². The van der Waals surface area contributed by atoms with Gasteiger partial charge in [-0.25, -0.2) is 0 Å². The van der Waals surface area contributed by atoms with Crippen molar-refractivity contribution >= 4 is 17.3 Å². The van der Waals surface area contributed by atoms with Crippen molar-refractivity contribution in [2.45, 2.75) is 12.3 Å². The quantitative estimate of drug-likeness (QED) is 0.829. The molecule has 1 atom stereocenters. The molecule has 0 aliphatic rings. The number of aliphatic hydroxyl groups is 1. The van der Waals surface area contributed by atoms with Crippen molar-refractivity contribution in [2.24, 2.45) is 0 Å². The average Bonchev–Trinajstić information content (AvgIpc) is 2.95. The van der Waals surface area contributed by atoms with E-state index in [1.165, 1.54) is 12.1 Å². The number of benzene rings is 1. The van der Waals surface area contributed by atoms with Crippen LogP contribution in [0.15, 0.2) is 28.7 Å². The first-order valence-corrected chi connectivity index (χ1v) is 6.42. The molecule has 1 heterocycles.